The number of pyridine rings is 1. The number of nitrogens with one attached hydrogen (secondary N) is 3. The molecule has 0 atom stereocenters. The van der Waals surface area contributed by atoms with E-state index in [1.54, 1.807) is 12.3 Å². The van der Waals surface area contributed by atoms with Crippen molar-refractivity contribution in [2.45, 2.75) is 19.4 Å². The van der Waals surface area contributed by atoms with Gasteiger partial charge in [-0.3, -0.25) is 4.79 Å². The van der Waals surface area contributed by atoms with Crippen LogP contribution in [0.1, 0.15) is 25.0 Å². The standard InChI is InChI=1S/C15H17N3O/c1-15(2,11-6-4-3-5-7-11)18-13-8-9-17-14(19)12(13)10-16/h3-10,16H,1-2H3,(H2,17,18,19). The minimum atomic E-state index is -0.327. The zero-order valence-corrected chi connectivity index (χ0v) is 11.0. The fraction of sp³-hybridized carbons (Fsp3) is 0.200. The molecule has 0 aliphatic heterocycles. The maximum absolute atomic E-state index is 11.6. The first-order valence-corrected chi connectivity index (χ1v) is 6.10. The Hall–Kier alpha value is -2.36. The Morgan fingerprint density at radius 2 is 1.89 bits per heavy atom. The highest BCUT2D eigenvalue weighted by Gasteiger charge is 2.21. The Morgan fingerprint density at radius 1 is 1.21 bits per heavy atom. The molecule has 0 unspecified atom stereocenters. The van der Waals surface area contributed by atoms with Crippen LogP contribution in [-0.2, 0) is 5.54 Å². The van der Waals surface area contributed by atoms with E-state index in [1.807, 2.05) is 44.2 Å². The Bertz CT molecular complexity index is 629. The lowest BCUT2D eigenvalue weighted by Crippen LogP contribution is -2.29. The van der Waals surface area contributed by atoms with E-state index in [0.717, 1.165) is 11.8 Å². The van der Waals surface area contributed by atoms with Gasteiger partial charge in [0.1, 0.15) is 0 Å². The molecule has 0 aliphatic rings. The molecule has 1 aromatic carbocycles. The first kappa shape index (κ1) is 13.1. The maximum atomic E-state index is 11.6. The van der Waals surface area contributed by atoms with Gasteiger partial charge in [-0.1, -0.05) is 30.3 Å². The molecule has 0 spiro atoms. The van der Waals surface area contributed by atoms with Crippen molar-refractivity contribution < 1.29 is 0 Å². The van der Waals surface area contributed by atoms with Crippen molar-refractivity contribution in [3.63, 3.8) is 0 Å². The monoisotopic (exact) mass is 255 g/mol. The molecule has 0 saturated heterocycles. The van der Waals surface area contributed by atoms with Crippen LogP contribution in [-0.4, -0.2) is 11.2 Å². The molecule has 0 amide bonds. The Balaban J connectivity index is 2.39. The average molecular weight is 255 g/mol. The van der Waals surface area contributed by atoms with Crippen molar-refractivity contribution in [1.29, 1.82) is 5.41 Å². The zero-order valence-electron chi connectivity index (χ0n) is 11.0. The van der Waals surface area contributed by atoms with Crippen LogP contribution in [0.2, 0.25) is 0 Å². The molecular weight excluding hydrogens is 238 g/mol. The number of hydrogen-bond donors (Lipinski definition) is 3. The molecule has 0 bridgehead atoms. The SMILES string of the molecule is CC(C)(Nc1cc[nH]c(=O)c1C=N)c1ccccc1. The highest BCUT2D eigenvalue weighted by molar-refractivity contribution is 5.85. The number of hydrogen-bond acceptors (Lipinski definition) is 3. The number of benzene rings is 1. The minimum absolute atomic E-state index is 0.260. The third kappa shape index (κ3) is 2.73. The molecule has 4 heteroatoms. The van der Waals surface area contributed by atoms with E-state index in [4.69, 9.17) is 5.41 Å². The molecule has 0 fully saturated rings. The van der Waals surface area contributed by atoms with Gasteiger partial charge in [-0.25, -0.2) is 0 Å². The van der Waals surface area contributed by atoms with Crippen molar-refractivity contribution in [1.82, 2.24) is 4.98 Å². The molecule has 0 saturated carbocycles. The van der Waals surface area contributed by atoms with Gasteiger partial charge in [0.25, 0.3) is 5.56 Å². The molecular formula is C15H17N3O. The van der Waals surface area contributed by atoms with Crippen LogP contribution < -0.4 is 10.9 Å². The molecule has 2 rings (SSSR count). The van der Waals surface area contributed by atoms with Crippen LogP contribution in [0.25, 0.3) is 0 Å². The van der Waals surface area contributed by atoms with Gasteiger partial charge in [0, 0.05) is 12.4 Å². The zero-order chi connectivity index (χ0) is 13.9. The summed E-state index contributed by atoms with van der Waals surface area (Å²) in [5.41, 5.74) is 1.53. The van der Waals surface area contributed by atoms with Crippen molar-refractivity contribution in [2.24, 2.45) is 0 Å². The average Bonchev–Trinajstić information content (AvgIpc) is 2.40. The van der Waals surface area contributed by atoms with Crippen molar-refractivity contribution in [3.05, 3.63) is 64.1 Å². The third-order valence-electron chi connectivity index (χ3n) is 3.09. The van der Waals surface area contributed by atoms with Gasteiger partial charge in [-0.2, -0.15) is 0 Å². The predicted octanol–water partition coefficient (Wildman–Crippen LogP) is 2.72. The van der Waals surface area contributed by atoms with E-state index >= 15 is 0 Å². The lowest BCUT2D eigenvalue weighted by atomic mass is 9.94. The van der Waals surface area contributed by atoms with Gasteiger partial charge in [0.15, 0.2) is 0 Å². The third-order valence-corrected chi connectivity index (χ3v) is 3.09. The number of aromatic nitrogens is 1. The Morgan fingerprint density at radius 3 is 2.53 bits per heavy atom. The van der Waals surface area contributed by atoms with Crippen LogP contribution >= 0.6 is 0 Å². The van der Waals surface area contributed by atoms with Crippen LogP contribution in [0, 0.1) is 5.41 Å². The summed E-state index contributed by atoms with van der Waals surface area (Å²) >= 11 is 0. The summed E-state index contributed by atoms with van der Waals surface area (Å²) in [5, 5.41) is 10.7. The van der Waals surface area contributed by atoms with E-state index in [9.17, 15) is 4.79 Å². The molecule has 1 aromatic heterocycles. The van der Waals surface area contributed by atoms with E-state index in [0.29, 0.717) is 11.3 Å². The van der Waals surface area contributed by atoms with E-state index in [1.165, 1.54) is 0 Å². The normalized spacial score (nSPS) is 11.1. The molecule has 98 valence electrons. The summed E-state index contributed by atoms with van der Waals surface area (Å²) in [6.45, 7) is 4.08. The largest absolute Gasteiger partial charge is 0.375 e. The fourth-order valence-electron chi connectivity index (χ4n) is 2.01. The fourth-order valence-corrected chi connectivity index (χ4v) is 2.01. The highest BCUT2D eigenvalue weighted by atomic mass is 16.1. The quantitative estimate of drug-likeness (QED) is 0.735. The van der Waals surface area contributed by atoms with Crippen LogP contribution in [0.5, 0.6) is 0 Å². The highest BCUT2D eigenvalue weighted by Crippen LogP contribution is 2.25. The topological polar surface area (TPSA) is 68.7 Å². The minimum Gasteiger partial charge on any atom is -0.375 e. The van der Waals surface area contributed by atoms with E-state index < -0.39 is 0 Å². The number of H-pyrrole nitrogens is 1. The summed E-state index contributed by atoms with van der Waals surface area (Å²) in [6.07, 6.45) is 2.65. The molecule has 0 aliphatic carbocycles. The van der Waals surface area contributed by atoms with E-state index in [-0.39, 0.29) is 11.1 Å². The van der Waals surface area contributed by atoms with Crippen molar-refractivity contribution >= 4 is 11.9 Å². The summed E-state index contributed by atoms with van der Waals surface area (Å²) in [7, 11) is 0. The lowest BCUT2D eigenvalue weighted by Gasteiger charge is -2.28. The van der Waals surface area contributed by atoms with Crippen LogP contribution in [0.4, 0.5) is 5.69 Å². The maximum Gasteiger partial charge on any atom is 0.258 e. The molecule has 0 radical (unpaired) electrons. The molecule has 3 N–H and O–H groups in total. The number of aromatic amines is 1. The molecule has 4 nitrogen and oxygen atoms in total. The number of anilines is 1. The second kappa shape index (κ2) is 5.10. The second-order valence-electron chi connectivity index (χ2n) is 4.89. The Kier molecular flexibility index (Phi) is 3.51. The van der Waals surface area contributed by atoms with Crippen LogP contribution in [0.3, 0.4) is 0 Å². The van der Waals surface area contributed by atoms with Gasteiger partial charge in [0.2, 0.25) is 0 Å². The van der Waals surface area contributed by atoms with Gasteiger partial charge >= 0.3 is 0 Å². The summed E-state index contributed by atoms with van der Waals surface area (Å²) in [4.78, 5) is 14.2. The van der Waals surface area contributed by atoms with Gasteiger partial charge in [-0.15, -0.1) is 0 Å². The lowest BCUT2D eigenvalue weighted by molar-refractivity contribution is 0.609. The first-order valence-electron chi connectivity index (χ1n) is 6.10. The van der Waals surface area contributed by atoms with Gasteiger partial charge < -0.3 is 15.7 Å². The summed E-state index contributed by atoms with van der Waals surface area (Å²) < 4.78 is 0. The van der Waals surface area contributed by atoms with Gasteiger partial charge in [-0.05, 0) is 25.5 Å². The second-order valence-corrected chi connectivity index (χ2v) is 4.89. The van der Waals surface area contributed by atoms with Crippen molar-refractivity contribution in [3.8, 4) is 0 Å². The summed E-state index contributed by atoms with van der Waals surface area (Å²) in [6, 6.07) is 11.8. The van der Waals surface area contributed by atoms with E-state index in [2.05, 4.69) is 10.3 Å². The van der Waals surface area contributed by atoms with Crippen molar-refractivity contribution in [2.75, 3.05) is 5.32 Å². The van der Waals surface area contributed by atoms with Crippen LogP contribution in [0.15, 0.2) is 47.4 Å². The predicted molar refractivity (Wildman–Crippen MR) is 78.0 cm³/mol. The molecule has 1 heterocycles. The Labute approximate surface area is 112 Å². The molecule has 19 heavy (non-hydrogen) atoms. The smallest absolute Gasteiger partial charge is 0.258 e. The first-order chi connectivity index (χ1) is 9.04. The molecule has 2 aromatic rings. The number of rotatable bonds is 4. The van der Waals surface area contributed by atoms with Gasteiger partial charge in [0.05, 0.1) is 16.8 Å². The summed E-state index contributed by atoms with van der Waals surface area (Å²) in [5.74, 6) is 0.